The first-order valence-electron chi connectivity index (χ1n) is 8.78. The van der Waals surface area contributed by atoms with Crippen molar-refractivity contribution in [3.8, 4) is 0 Å². The molecule has 0 amide bonds. The maximum Gasteiger partial charge on any atom is 0.328 e. The number of carboxylic acid groups (broad SMARTS) is 1. The summed E-state index contributed by atoms with van der Waals surface area (Å²) in [5.74, 6) is -0.938. The zero-order chi connectivity index (χ0) is 18.5. The monoisotopic (exact) mass is 336 g/mol. The van der Waals surface area contributed by atoms with Gasteiger partial charge < -0.3 is 5.11 Å². The highest BCUT2D eigenvalue weighted by Crippen LogP contribution is 2.45. The summed E-state index contributed by atoms with van der Waals surface area (Å²) in [5, 5.41) is 8.48. The molecule has 2 heteroatoms. The van der Waals surface area contributed by atoms with Crippen LogP contribution in [0.3, 0.4) is 0 Å². The van der Waals surface area contributed by atoms with Gasteiger partial charge in [-0.1, -0.05) is 88.4 Å². The van der Waals surface area contributed by atoms with E-state index in [4.69, 9.17) is 5.11 Å². The molecular formula is C23H28O2. The molecule has 0 bridgehead atoms. The Balaban J connectivity index is 2.10. The molecule has 2 nitrogen and oxygen atoms in total. The first kappa shape index (κ1) is 19.0. The van der Waals surface area contributed by atoms with Crippen LogP contribution in [0, 0.1) is 0 Å². The lowest BCUT2D eigenvalue weighted by Gasteiger charge is -2.42. The van der Waals surface area contributed by atoms with Gasteiger partial charge in [0.15, 0.2) is 0 Å². The number of benzene rings is 1. The summed E-state index contributed by atoms with van der Waals surface area (Å²) in [6, 6.07) is 6.81. The Hall–Kier alpha value is -2.35. The van der Waals surface area contributed by atoms with Crippen LogP contribution >= 0.6 is 0 Å². The van der Waals surface area contributed by atoms with Crippen LogP contribution < -0.4 is 0 Å². The lowest BCUT2D eigenvalue weighted by molar-refractivity contribution is -0.131. The highest BCUT2D eigenvalue weighted by atomic mass is 16.4. The average Bonchev–Trinajstić information content (AvgIpc) is 2.54. The first-order valence-corrected chi connectivity index (χ1v) is 8.78. The van der Waals surface area contributed by atoms with Crippen LogP contribution in [0.5, 0.6) is 0 Å². The zero-order valence-corrected chi connectivity index (χ0v) is 15.6. The molecule has 0 radical (unpaired) electrons. The molecule has 2 rings (SSSR count). The Bertz CT molecular complexity index is 743. The molecule has 0 spiro atoms. The van der Waals surface area contributed by atoms with Crippen LogP contribution in [0.1, 0.15) is 57.2 Å². The van der Waals surface area contributed by atoms with Crippen molar-refractivity contribution in [2.45, 2.75) is 51.4 Å². The fraction of sp³-hybridized carbons (Fsp3) is 0.348. The van der Waals surface area contributed by atoms with Crippen molar-refractivity contribution in [2.24, 2.45) is 0 Å². The number of hydrogen-bond acceptors (Lipinski definition) is 1. The highest BCUT2D eigenvalue weighted by Gasteiger charge is 2.36. The van der Waals surface area contributed by atoms with E-state index in [1.54, 1.807) is 6.08 Å². The SMILES string of the molecule is CC1(C)CCC(C)(C)c2cc(/C=C/C=C/C=C/C=C/C(=O)O)ccc21. The van der Waals surface area contributed by atoms with Gasteiger partial charge in [0.1, 0.15) is 0 Å². The van der Waals surface area contributed by atoms with E-state index in [1.165, 1.54) is 35.6 Å². The molecule has 0 saturated carbocycles. The van der Waals surface area contributed by atoms with Gasteiger partial charge in [0.2, 0.25) is 0 Å². The number of fused-ring (bicyclic) bond motifs is 1. The fourth-order valence-corrected chi connectivity index (χ4v) is 3.27. The van der Waals surface area contributed by atoms with Crippen LogP contribution in [0.2, 0.25) is 0 Å². The number of rotatable bonds is 5. The third-order valence-corrected chi connectivity index (χ3v) is 4.96. The standard InChI is InChI=1S/C23H28O2/c1-22(2)15-16-23(3,4)20-17-18(13-14-19(20)22)11-9-7-5-6-8-10-12-21(24)25/h5-14,17H,15-16H2,1-4H3,(H,24,25)/b7-5+,8-6+,11-9+,12-10+. The van der Waals surface area contributed by atoms with E-state index in [0.717, 1.165) is 6.08 Å². The van der Waals surface area contributed by atoms with E-state index < -0.39 is 5.97 Å². The van der Waals surface area contributed by atoms with Crippen LogP contribution in [-0.4, -0.2) is 11.1 Å². The average molecular weight is 336 g/mol. The van der Waals surface area contributed by atoms with Crippen molar-refractivity contribution < 1.29 is 9.90 Å². The predicted octanol–water partition coefficient (Wildman–Crippen LogP) is 5.80. The third-order valence-electron chi connectivity index (χ3n) is 4.96. The minimum atomic E-state index is -0.938. The lowest BCUT2D eigenvalue weighted by Crippen LogP contribution is -2.33. The second-order valence-corrected chi connectivity index (χ2v) is 7.90. The van der Waals surface area contributed by atoms with Gasteiger partial charge in [-0.3, -0.25) is 0 Å². The summed E-state index contributed by atoms with van der Waals surface area (Å²) < 4.78 is 0. The summed E-state index contributed by atoms with van der Waals surface area (Å²) in [4.78, 5) is 10.3. The van der Waals surface area contributed by atoms with Gasteiger partial charge in [0, 0.05) is 6.08 Å². The molecule has 25 heavy (non-hydrogen) atoms. The fourth-order valence-electron chi connectivity index (χ4n) is 3.27. The van der Waals surface area contributed by atoms with Gasteiger partial charge in [-0.05, 0) is 40.4 Å². The van der Waals surface area contributed by atoms with E-state index in [0.29, 0.717) is 0 Å². The summed E-state index contributed by atoms with van der Waals surface area (Å²) in [5.41, 5.74) is 4.63. The molecule has 0 fully saturated rings. The molecule has 1 aliphatic carbocycles. The zero-order valence-electron chi connectivity index (χ0n) is 15.6. The van der Waals surface area contributed by atoms with Crippen LogP contribution in [0.25, 0.3) is 6.08 Å². The maximum atomic E-state index is 10.3. The summed E-state index contributed by atoms with van der Waals surface area (Å²) in [6.45, 7) is 9.35. The van der Waals surface area contributed by atoms with E-state index in [9.17, 15) is 4.79 Å². The van der Waals surface area contributed by atoms with E-state index in [1.807, 2.05) is 24.3 Å². The predicted molar refractivity (Wildman–Crippen MR) is 106 cm³/mol. The Morgan fingerprint density at radius 2 is 1.44 bits per heavy atom. The number of carboxylic acids is 1. The van der Waals surface area contributed by atoms with Gasteiger partial charge >= 0.3 is 5.97 Å². The second-order valence-electron chi connectivity index (χ2n) is 7.90. The number of carbonyl (C=O) groups is 1. The summed E-state index contributed by atoms with van der Waals surface area (Å²) >= 11 is 0. The first-order chi connectivity index (χ1) is 11.7. The van der Waals surface area contributed by atoms with Gasteiger partial charge in [0.25, 0.3) is 0 Å². The third kappa shape index (κ3) is 5.06. The van der Waals surface area contributed by atoms with Crippen LogP contribution in [0.15, 0.2) is 60.7 Å². The van der Waals surface area contributed by atoms with Crippen molar-refractivity contribution in [3.05, 3.63) is 77.4 Å². The van der Waals surface area contributed by atoms with Crippen LogP contribution in [-0.2, 0) is 15.6 Å². The Morgan fingerprint density at radius 1 is 0.880 bits per heavy atom. The largest absolute Gasteiger partial charge is 0.478 e. The van der Waals surface area contributed by atoms with Gasteiger partial charge in [-0.2, -0.15) is 0 Å². The molecule has 1 aromatic carbocycles. The van der Waals surface area contributed by atoms with Crippen molar-refractivity contribution in [1.29, 1.82) is 0 Å². The van der Waals surface area contributed by atoms with Gasteiger partial charge in [-0.15, -0.1) is 0 Å². The number of hydrogen-bond donors (Lipinski definition) is 1. The smallest absolute Gasteiger partial charge is 0.328 e. The topological polar surface area (TPSA) is 37.3 Å². The maximum absolute atomic E-state index is 10.3. The Labute approximate surface area is 151 Å². The summed E-state index contributed by atoms with van der Waals surface area (Å²) in [6.07, 6.45) is 16.5. The summed E-state index contributed by atoms with van der Waals surface area (Å²) in [7, 11) is 0. The normalized spacial score (nSPS) is 19.2. The van der Waals surface area contributed by atoms with Crippen LogP contribution in [0.4, 0.5) is 0 Å². The van der Waals surface area contributed by atoms with E-state index in [-0.39, 0.29) is 10.8 Å². The van der Waals surface area contributed by atoms with Crippen molar-refractivity contribution in [3.63, 3.8) is 0 Å². The molecule has 1 aliphatic rings. The number of allylic oxidation sites excluding steroid dienone is 6. The van der Waals surface area contributed by atoms with Gasteiger partial charge in [-0.25, -0.2) is 4.79 Å². The molecule has 0 aliphatic heterocycles. The molecule has 0 atom stereocenters. The molecule has 0 saturated heterocycles. The molecule has 0 heterocycles. The van der Waals surface area contributed by atoms with Crippen molar-refractivity contribution in [1.82, 2.24) is 0 Å². The van der Waals surface area contributed by atoms with E-state index >= 15 is 0 Å². The molecule has 1 N–H and O–H groups in total. The minimum Gasteiger partial charge on any atom is -0.478 e. The highest BCUT2D eigenvalue weighted by molar-refractivity contribution is 5.80. The van der Waals surface area contributed by atoms with Gasteiger partial charge in [0.05, 0.1) is 0 Å². The minimum absolute atomic E-state index is 0.226. The quantitative estimate of drug-likeness (QED) is 0.545. The van der Waals surface area contributed by atoms with Crippen molar-refractivity contribution >= 4 is 12.0 Å². The molecule has 1 aromatic rings. The number of aliphatic carboxylic acids is 1. The molecular weight excluding hydrogens is 308 g/mol. The Kier molecular flexibility index (Phi) is 5.84. The molecule has 0 unspecified atom stereocenters. The molecule has 132 valence electrons. The second kappa shape index (κ2) is 7.69. The molecule has 0 aromatic heterocycles. The lowest BCUT2D eigenvalue weighted by atomic mass is 9.63. The Morgan fingerprint density at radius 3 is 2.08 bits per heavy atom. The van der Waals surface area contributed by atoms with Crippen molar-refractivity contribution in [2.75, 3.05) is 0 Å². The van der Waals surface area contributed by atoms with E-state index in [2.05, 4.69) is 52.0 Å².